The van der Waals surface area contributed by atoms with E-state index in [1.165, 1.54) is 11.1 Å². The lowest BCUT2D eigenvalue weighted by Crippen LogP contribution is -2.45. The Balaban J connectivity index is 1.78. The van der Waals surface area contributed by atoms with Crippen LogP contribution in [0, 0.1) is 13.8 Å². The molecule has 2 N–H and O–H groups in total. The first-order valence-electron chi connectivity index (χ1n) is 7.42. The predicted molar refractivity (Wildman–Crippen MR) is 84.7 cm³/mol. The molecule has 0 saturated carbocycles. The molecule has 1 saturated heterocycles. The molecule has 1 heterocycles. The van der Waals surface area contributed by atoms with E-state index in [1.54, 1.807) is 0 Å². The quantitative estimate of drug-likeness (QED) is 0.855. The minimum absolute atomic E-state index is 0.00419. The lowest BCUT2D eigenvalue weighted by Gasteiger charge is -2.27. The fourth-order valence-electron chi connectivity index (χ4n) is 2.41. The van der Waals surface area contributed by atoms with Crippen LogP contribution in [-0.4, -0.2) is 56.7 Å². The second-order valence-corrected chi connectivity index (χ2v) is 5.74. The van der Waals surface area contributed by atoms with Gasteiger partial charge in [0.05, 0.1) is 19.3 Å². The molecule has 1 aromatic rings. The van der Waals surface area contributed by atoms with Crippen LogP contribution in [0.25, 0.3) is 0 Å². The topological polar surface area (TPSA) is 53.6 Å². The van der Waals surface area contributed by atoms with Crippen LogP contribution in [0.2, 0.25) is 0 Å². The van der Waals surface area contributed by atoms with Crippen LogP contribution >= 0.6 is 0 Å². The van der Waals surface area contributed by atoms with Crippen molar-refractivity contribution in [3.05, 3.63) is 29.3 Å². The van der Waals surface area contributed by atoms with Gasteiger partial charge in [-0.15, -0.1) is 0 Å². The number of hydrogen-bond acceptors (Lipinski definition) is 4. The summed E-state index contributed by atoms with van der Waals surface area (Å²) < 4.78 is 5.64. The van der Waals surface area contributed by atoms with Crippen molar-refractivity contribution >= 4 is 11.6 Å². The highest BCUT2D eigenvalue weighted by molar-refractivity contribution is 5.92. The largest absolute Gasteiger partial charge is 0.374 e. The predicted octanol–water partition coefficient (Wildman–Crippen LogP) is 1.16. The van der Waals surface area contributed by atoms with E-state index in [4.69, 9.17) is 4.74 Å². The first-order chi connectivity index (χ1) is 10.0. The first-order valence-corrected chi connectivity index (χ1v) is 7.42. The van der Waals surface area contributed by atoms with Gasteiger partial charge in [-0.25, -0.2) is 0 Å². The summed E-state index contributed by atoms with van der Waals surface area (Å²) >= 11 is 0. The molecule has 1 aromatic carbocycles. The number of carbonyl (C=O) groups is 1. The normalized spacial score (nSPS) is 18.8. The molecule has 2 rings (SSSR count). The molecule has 1 aliphatic rings. The number of ether oxygens (including phenoxy) is 1. The zero-order valence-corrected chi connectivity index (χ0v) is 13.1. The van der Waals surface area contributed by atoms with Crippen molar-refractivity contribution in [1.29, 1.82) is 0 Å². The fourth-order valence-corrected chi connectivity index (χ4v) is 2.41. The Kier molecular flexibility index (Phi) is 5.73. The van der Waals surface area contributed by atoms with E-state index in [9.17, 15) is 4.79 Å². The van der Waals surface area contributed by atoms with E-state index < -0.39 is 0 Å². The van der Waals surface area contributed by atoms with Gasteiger partial charge < -0.3 is 15.4 Å². The van der Waals surface area contributed by atoms with Crippen molar-refractivity contribution in [3.8, 4) is 0 Å². The van der Waals surface area contributed by atoms with Gasteiger partial charge in [-0.2, -0.15) is 0 Å². The van der Waals surface area contributed by atoms with Crippen LogP contribution in [0.3, 0.4) is 0 Å². The van der Waals surface area contributed by atoms with Crippen LogP contribution in [0.5, 0.6) is 0 Å². The second kappa shape index (κ2) is 7.54. The smallest absolute Gasteiger partial charge is 0.238 e. The highest BCUT2D eigenvalue weighted by Gasteiger charge is 2.17. The Morgan fingerprint density at radius 1 is 1.43 bits per heavy atom. The van der Waals surface area contributed by atoms with E-state index in [-0.39, 0.29) is 12.0 Å². The van der Waals surface area contributed by atoms with Crippen molar-refractivity contribution in [3.63, 3.8) is 0 Å². The molecule has 5 heteroatoms. The number of rotatable bonds is 5. The summed E-state index contributed by atoms with van der Waals surface area (Å²) in [6.45, 7) is 7.74. The Morgan fingerprint density at radius 2 is 2.24 bits per heavy atom. The molecule has 1 atom stereocenters. The van der Waals surface area contributed by atoms with Crippen LogP contribution in [0.4, 0.5) is 5.69 Å². The number of morpholine rings is 1. The van der Waals surface area contributed by atoms with E-state index in [0.29, 0.717) is 6.54 Å². The summed E-state index contributed by atoms with van der Waals surface area (Å²) in [6, 6.07) is 5.96. The third kappa shape index (κ3) is 5.12. The Labute approximate surface area is 126 Å². The van der Waals surface area contributed by atoms with Crippen molar-refractivity contribution < 1.29 is 9.53 Å². The summed E-state index contributed by atoms with van der Waals surface area (Å²) in [4.78, 5) is 14.0. The molecule has 1 unspecified atom stereocenters. The molecular formula is C16H25N3O2. The van der Waals surface area contributed by atoms with E-state index >= 15 is 0 Å². The number of nitrogens with zero attached hydrogens (tertiary/aromatic N) is 1. The number of benzene rings is 1. The first kappa shape index (κ1) is 15.9. The molecule has 5 nitrogen and oxygen atoms in total. The summed E-state index contributed by atoms with van der Waals surface area (Å²) in [5, 5.41) is 6.23. The molecule has 1 aliphatic heterocycles. The number of nitrogens with one attached hydrogen (secondary N) is 2. The molecule has 0 aliphatic carbocycles. The van der Waals surface area contributed by atoms with E-state index in [0.717, 1.165) is 31.9 Å². The molecule has 0 aromatic heterocycles. The van der Waals surface area contributed by atoms with Crippen LogP contribution in [0.15, 0.2) is 18.2 Å². The lowest BCUT2D eigenvalue weighted by molar-refractivity contribution is -0.117. The minimum Gasteiger partial charge on any atom is -0.374 e. The number of carbonyl (C=O) groups excluding carboxylic acids is 1. The van der Waals surface area contributed by atoms with Gasteiger partial charge in [0.15, 0.2) is 0 Å². The van der Waals surface area contributed by atoms with Crippen LogP contribution < -0.4 is 10.6 Å². The van der Waals surface area contributed by atoms with Gasteiger partial charge in [-0.3, -0.25) is 9.69 Å². The molecule has 21 heavy (non-hydrogen) atoms. The maximum atomic E-state index is 12.1. The number of hydrogen-bond donors (Lipinski definition) is 2. The number of aryl methyl sites for hydroxylation is 2. The maximum absolute atomic E-state index is 12.1. The number of amides is 1. The monoisotopic (exact) mass is 291 g/mol. The van der Waals surface area contributed by atoms with E-state index in [1.807, 2.05) is 37.1 Å². The summed E-state index contributed by atoms with van der Waals surface area (Å²) in [5.74, 6) is 0.00419. The molecule has 0 bridgehead atoms. The van der Waals surface area contributed by atoms with Gasteiger partial charge in [-0.05, 0) is 44.2 Å². The lowest BCUT2D eigenvalue weighted by atomic mass is 10.1. The molecule has 0 radical (unpaired) electrons. The SMILES string of the molecule is Cc1ccc(NC(=O)CN(C)CC2CNCCO2)cc1C. The Morgan fingerprint density at radius 3 is 2.90 bits per heavy atom. The van der Waals surface area contributed by atoms with Gasteiger partial charge in [0.1, 0.15) is 0 Å². The number of anilines is 1. The zero-order chi connectivity index (χ0) is 15.2. The summed E-state index contributed by atoms with van der Waals surface area (Å²) in [7, 11) is 1.94. The third-order valence-electron chi connectivity index (χ3n) is 3.72. The molecule has 0 spiro atoms. The average molecular weight is 291 g/mol. The van der Waals surface area contributed by atoms with Crippen molar-refractivity contribution in [2.45, 2.75) is 20.0 Å². The van der Waals surface area contributed by atoms with Crippen molar-refractivity contribution in [2.24, 2.45) is 0 Å². The average Bonchev–Trinajstić information content (AvgIpc) is 2.43. The van der Waals surface area contributed by atoms with E-state index in [2.05, 4.69) is 17.6 Å². The summed E-state index contributed by atoms with van der Waals surface area (Å²) in [6.07, 6.45) is 0.165. The zero-order valence-electron chi connectivity index (χ0n) is 13.1. The van der Waals surface area contributed by atoms with Crippen LogP contribution in [-0.2, 0) is 9.53 Å². The summed E-state index contributed by atoms with van der Waals surface area (Å²) in [5.41, 5.74) is 3.27. The second-order valence-electron chi connectivity index (χ2n) is 5.74. The maximum Gasteiger partial charge on any atom is 0.238 e. The van der Waals surface area contributed by atoms with Crippen molar-refractivity contribution in [1.82, 2.24) is 10.2 Å². The van der Waals surface area contributed by atoms with Gasteiger partial charge in [0.2, 0.25) is 5.91 Å². The minimum atomic E-state index is 0.00419. The van der Waals surface area contributed by atoms with Gasteiger partial charge >= 0.3 is 0 Å². The van der Waals surface area contributed by atoms with Crippen molar-refractivity contribution in [2.75, 3.05) is 45.2 Å². The number of likely N-dealkylation sites (N-methyl/N-ethyl adjacent to an activating group) is 1. The molecule has 1 fully saturated rings. The molecule has 116 valence electrons. The molecule has 1 amide bonds. The molecular weight excluding hydrogens is 266 g/mol. The highest BCUT2D eigenvalue weighted by Crippen LogP contribution is 2.14. The van der Waals surface area contributed by atoms with Crippen LogP contribution in [0.1, 0.15) is 11.1 Å². The van der Waals surface area contributed by atoms with Gasteiger partial charge in [0, 0.05) is 25.3 Å². The standard InChI is InChI=1S/C16H25N3O2/c1-12-4-5-14(8-13(12)2)18-16(20)11-19(3)10-15-9-17-6-7-21-15/h4-5,8,15,17H,6-7,9-11H2,1-3H3,(H,18,20). The Bertz CT molecular complexity index is 484. The third-order valence-corrected chi connectivity index (χ3v) is 3.72. The fraction of sp³-hybridized carbons (Fsp3) is 0.562. The Hall–Kier alpha value is -1.43. The highest BCUT2D eigenvalue weighted by atomic mass is 16.5. The van der Waals surface area contributed by atoms with Gasteiger partial charge in [-0.1, -0.05) is 6.07 Å². The van der Waals surface area contributed by atoms with Gasteiger partial charge in [0.25, 0.3) is 0 Å².